The van der Waals surface area contributed by atoms with Crippen molar-refractivity contribution in [2.45, 2.75) is 39.4 Å². The molecule has 3 nitrogen and oxygen atoms in total. The highest BCUT2D eigenvalue weighted by Crippen LogP contribution is 2.20. The average Bonchev–Trinajstić information content (AvgIpc) is 3.06. The van der Waals surface area contributed by atoms with Crippen molar-refractivity contribution in [2.24, 2.45) is 0 Å². The molecule has 0 amide bonds. The van der Waals surface area contributed by atoms with Gasteiger partial charge in [0.05, 0.1) is 6.54 Å². The molecule has 4 heteroatoms. The Labute approximate surface area is 129 Å². The molecule has 1 aromatic carbocycles. The third kappa shape index (κ3) is 3.52. The molecular formula is C17H21N3S. The van der Waals surface area contributed by atoms with Gasteiger partial charge in [-0.15, -0.1) is 11.3 Å². The molecule has 0 saturated heterocycles. The third-order valence-corrected chi connectivity index (χ3v) is 4.21. The predicted molar refractivity (Wildman–Crippen MR) is 89.7 cm³/mol. The van der Waals surface area contributed by atoms with E-state index < -0.39 is 0 Å². The van der Waals surface area contributed by atoms with Crippen molar-refractivity contribution in [3.63, 3.8) is 0 Å². The van der Waals surface area contributed by atoms with Crippen LogP contribution in [0.25, 0.3) is 10.9 Å². The molecule has 0 saturated carbocycles. The summed E-state index contributed by atoms with van der Waals surface area (Å²) in [7, 11) is 0. The molecule has 2 heterocycles. The largest absolute Gasteiger partial charge is 0.341 e. The molecule has 0 aliphatic heterocycles. The molecule has 0 unspecified atom stereocenters. The van der Waals surface area contributed by atoms with Crippen LogP contribution in [0.1, 0.15) is 31.3 Å². The lowest BCUT2D eigenvalue weighted by molar-refractivity contribution is 0.424. The van der Waals surface area contributed by atoms with Crippen LogP contribution >= 0.6 is 11.3 Å². The Morgan fingerprint density at radius 1 is 1.24 bits per heavy atom. The molecule has 1 N–H and O–H groups in total. The molecule has 21 heavy (non-hydrogen) atoms. The van der Waals surface area contributed by atoms with Crippen LogP contribution < -0.4 is 5.32 Å². The highest BCUT2D eigenvalue weighted by molar-refractivity contribution is 7.09. The highest BCUT2D eigenvalue weighted by atomic mass is 32.1. The molecule has 3 rings (SSSR count). The Hall–Kier alpha value is -1.65. The first-order valence-electron chi connectivity index (χ1n) is 7.22. The number of hydrogen-bond acceptors (Lipinski definition) is 3. The minimum atomic E-state index is 0.137. The SMILES string of the molecule is CC(C)(C)NCc1ccc2ccn(Cc3nccs3)c2c1. The van der Waals surface area contributed by atoms with Crippen LogP contribution in [0.2, 0.25) is 0 Å². The van der Waals surface area contributed by atoms with Crippen molar-refractivity contribution in [1.29, 1.82) is 0 Å². The second kappa shape index (κ2) is 5.62. The van der Waals surface area contributed by atoms with Gasteiger partial charge in [0.1, 0.15) is 5.01 Å². The number of nitrogens with zero attached hydrogens (tertiary/aromatic N) is 2. The van der Waals surface area contributed by atoms with E-state index in [1.807, 2.05) is 11.6 Å². The summed E-state index contributed by atoms with van der Waals surface area (Å²) in [4.78, 5) is 4.37. The molecule has 2 aromatic heterocycles. The van der Waals surface area contributed by atoms with Gasteiger partial charge in [-0.2, -0.15) is 0 Å². The Morgan fingerprint density at radius 2 is 2.10 bits per heavy atom. The van der Waals surface area contributed by atoms with Gasteiger partial charge in [-0.3, -0.25) is 0 Å². The number of nitrogens with one attached hydrogen (secondary N) is 1. The molecule has 0 aliphatic carbocycles. The summed E-state index contributed by atoms with van der Waals surface area (Å²) in [6.07, 6.45) is 4.01. The van der Waals surface area contributed by atoms with Crippen LogP contribution in [0.3, 0.4) is 0 Å². The quantitative estimate of drug-likeness (QED) is 0.788. The second-order valence-corrected chi connectivity index (χ2v) is 7.35. The van der Waals surface area contributed by atoms with Gasteiger partial charge in [0.25, 0.3) is 0 Å². The van der Waals surface area contributed by atoms with Crippen LogP contribution in [-0.2, 0) is 13.1 Å². The smallest absolute Gasteiger partial charge is 0.112 e. The van der Waals surface area contributed by atoms with E-state index in [9.17, 15) is 0 Å². The Kier molecular flexibility index (Phi) is 3.83. The van der Waals surface area contributed by atoms with E-state index in [0.717, 1.165) is 18.1 Å². The third-order valence-electron chi connectivity index (χ3n) is 3.45. The van der Waals surface area contributed by atoms with Gasteiger partial charge in [0.2, 0.25) is 0 Å². The van der Waals surface area contributed by atoms with Crippen LogP contribution in [0.15, 0.2) is 42.0 Å². The molecule has 0 atom stereocenters. The number of rotatable bonds is 4. The van der Waals surface area contributed by atoms with E-state index in [1.54, 1.807) is 11.3 Å². The minimum absolute atomic E-state index is 0.137. The maximum atomic E-state index is 4.37. The van der Waals surface area contributed by atoms with E-state index in [4.69, 9.17) is 0 Å². The molecule has 0 spiro atoms. The highest BCUT2D eigenvalue weighted by Gasteiger charge is 2.09. The predicted octanol–water partition coefficient (Wildman–Crippen LogP) is 4.03. The topological polar surface area (TPSA) is 29.9 Å². The summed E-state index contributed by atoms with van der Waals surface area (Å²) in [6.45, 7) is 8.31. The van der Waals surface area contributed by atoms with E-state index in [1.165, 1.54) is 16.5 Å². The fraction of sp³-hybridized carbons (Fsp3) is 0.353. The molecule has 3 aromatic rings. The van der Waals surface area contributed by atoms with Gasteiger partial charge < -0.3 is 9.88 Å². The number of hydrogen-bond donors (Lipinski definition) is 1. The van der Waals surface area contributed by atoms with Crippen LogP contribution in [0.4, 0.5) is 0 Å². The maximum absolute atomic E-state index is 4.37. The van der Waals surface area contributed by atoms with Crippen molar-refractivity contribution in [3.05, 3.63) is 52.6 Å². The van der Waals surface area contributed by atoms with Crippen LogP contribution in [-0.4, -0.2) is 15.1 Å². The zero-order valence-corrected chi connectivity index (χ0v) is 13.6. The lowest BCUT2D eigenvalue weighted by Gasteiger charge is -2.20. The lowest BCUT2D eigenvalue weighted by atomic mass is 10.1. The summed E-state index contributed by atoms with van der Waals surface area (Å²) in [5.41, 5.74) is 2.73. The van der Waals surface area contributed by atoms with Crippen molar-refractivity contribution < 1.29 is 0 Å². The molecule has 0 bridgehead atoms. The van der Waals surface area contributed by atoms with Crippen LogP contribution in [0.5, 0.6) is 0 Å². The summed E-state index contributed by atoms with van der Waals surface area (Å²) >= 11 is 1.70. The van der Waals surface area contributed by atoms with Gasteiger partial charge in [-0.25, -0.2) is 4.98 Å². The van der Waals surface area contributed by atoms with E-state index in [-0.39, 0.29) is 5.54 Å². The molecule has 0 aliphatic rings. The van der Waals surface area contributed by atoms with Gasteiger partial charge in [0.15, 0.2) is 0 Å². The normalized spacial score (nSPS) is 12.1. The molecule has 0 radical (unpaired) electrons. The van der Waals surface area contributed by atoms with Gasteiger partial charge in [-0.1, -0.05) is 12.1 Å². The minimum Gasteiger partial charge on any atom is -0.341 e. The van der Waals surface area contributed by atoms with Crippen molar-refractivity contribution >= 4 is 22.2 Å². The van der Waals surface area contributed by atoms with Gasteiger partial charge in [-0.05, 0) is 43.9 Å². The van der Waals surface area contributed by atoms with Gasteiger partial charge in [0, 0.05) is 35.4 Å². The first-order valence-corrected chi connectivity index (χ1v) is 8.10. The van der Waals surface area contributed by atoms with Crippen molar-refractivity contribution in [1.82, 2.24) is 14.9 Å². The molecule has 0 fully saturated rings. The Bertz CT molecular complexity index is 720. The van der Waals surface area contributed by atoms with Crippen molar-refractivity contribution in [2.75, 3.05) is 0 Å². The zero-order chi connectivity index (χ0) is 14.9. The van der Waals surface area contributed by atoms with E-state index >= 15 is 0 Å². The number of fused-ring (bicyclic) bond motifs is 1. The number of aromatic nitrogens is 2. The van der Waals surface area contributed by atoms with Gasteiger partial charge >= 0.3 is 0 Å². The standard InChI is InChI=1S/C17H21N3S/c1-17(2,3)19-11-13-4-5-14-6-8-20(15(14)10-13)12-16-18-7-9-21-16/h4-10,19H,11-12H2,1-3H3. The monoisotopic (exact) mass is 299 g/mol. The van der Waals surface area contributed by atoms with E-state index in [0.29, 0.717) is 0 Å². The fourth-order valence-electron chi connectivity index (χ4n) is 2.32. The summed E-state index contributed by atoms with van der Waals surface area (Å²) in [5.74, 6) is 0. The summed E-state index contributed by atoms with van der Waals surface area (Å²) in [5, 5.41) is 8.00. The van der Waals surface area contributed by atoms with Crippen molar-refractivity contribution in [3.8, 4) is 0 Å². The Balaban J connectivity index is 1.85. The average molecular weight is 299 g/mol. The Morgan fingerprint density at radius 3 is 2.81 bits per heavy atom. The second-order valence-electron chi connectivity index (χ2n) is 6.37. The fourth-order valence-corrected chi connectivity index (χ4v) is 2.94. The molecule has 110 valence electrons. The number of benzene rings is 1. The first-order chi connectivity index (χ1) is 10.0. The summed E-state index contributed by atoms with van der Waals surface area (Å²) in [6, 6.07) is 8.85. The number of thiazole rings is 1. The first kappa shape index (κ1) is 14.3. The summed E-state index contributed by atoms with van der Waals surface area (Å²) < 4.78 is 2.27. The maximum Gasteiger partial charge on any atom is 0.112 e. The zero-order valence-electron chi connectivity index (χ0n) is 12.8. The lowest BCUT2D eigenvalue weighted by Crippen LogP contribution is -2.35. The molecular weight excluding hydrogens is 278 g/mol. The van der Waals surface area contributed by atoms with Crippen LogP contribution in [0, 0.1) is 0 Å². The van der Waals surface area contributed by atoms with E-state index in [2.05, 4.69) is 66.1 Å².